The van der Waals surface area contributed by atoms with Crippen molar-refractivity contribution in [2.24, 2.45) is 0 Å². The highest BCUT2D eigenvalue weighted by Crippen LogP contribution is 2.18. The molecule has 0 aromatic carbocycles. The Bertz CT molecular complexity index is 643. The normalized spacial score (nSPS) is 25.7. The first-order valence-corrected chi connectivity index (χ1v) is 9.11. The standard InChI is InChI=1S/C19H25N3O4/c23-13-17-15(21-19(25)16-6-2-3-9-20-16)8-7-14(26-17)12-18(24)22-10-4-1-5-11-22/h2-3,6-9,14-15,17,23H,1,4-5,10-13H2,(H,21,25)/t14-,15-,17+/m0/s1. The summed E-state index contributed by atoms with van der Waals surface area (Å²) in [5.41, 5.74) is 0.306. The summed E-state index contributed by atoms with van der Waals surface area (Å²) in [7, 11) is 0. The summed E-state index contributed by atoms with van der Waals surface area (Å²) in [6.45, 7) is 1.37. The molecule has 26 heavy (non-hydrogen) atoms. The number of aliphatic hydroxyl groups is 1. The van der Waals surface area contributed by atoms with E-state index in [-0.39, 0.29) is 30.9 Å². The highest BCUT2D eigenvalue weighted by Gasteiger charge is 2.30. The second-order valence-corrected chi connectivity index (χ2v) is 6.64. The van der Waals surface area contributed by atoms with Crippen LogP contribution in [0.5, 0.6) is 0 Å². The van der Waals surface area contributed by atoms with Crippen molar-refractivity contribution in [3.63, 3.8) is 0 Å². The third-order valence-corrected chi connectivity index (χ3v) is 4.74. The maximum absolute atomic E-state index is 12.4. The molecule has 0 radical (unpaired) electrons. The Kier molecular flexibility index (Phi) is 6.35. The summed E-state index contributed by atoms with van der Waals surface area (Å²) in [6, 6.07) is 4.63. The van der Waals surface area contributed by atoms with Gasteiger partial charge in [0.05, 0.1) is 25.2 Å². The smallest absolute Gasteiger partial charge is 0.270 e. The molecule has 2 N–H and O–H groups in total. The highest BCUT2D eigenvalue weighted by atomic mass is 16.5. The van der Waals surface area contributed by atoms with E-state index in [9.17, 15) is 14.7 Å². The quantitative estimate of drug-likeness (QED) is 0.762. The molecule has 0 saturated carbocycles. The van der Waals surface area contributed by atoms with E-state index in [4.69, 9.17) is 4.74 Å². The monoisotopic (exact) mass is 359 g/mol. The highest BCUT2D eigenvalue weighted by molar-refractivity contribution is 5.92. The number of ether oxygens (including phenoxy) is 1. The number of aliphatic hydroxyl groups excluding tert-OH is 1. The number of amides is 2. The van der Waals surface area contributed by atoms with Crippen molar-refractivity contribution < 1.29 is 19.4 Å². The summed E-state index contributed by atoms with van der Waals surface area (Å²) >= 11 is 0. The van der Waals surface area contributed by atoms with E-state index < -0.39 is 12.1 Å². The van der Waals surface area contributed by atoms with Gasteiger partial charge in [-0.15, -0.1) is 0 Å². The van der Waals surface area contributed by atoms with E-state index in [0.717, 1.165) is 25.9 Å². The molecule has 2 aliphatic rings. The molecule has 1 aromatic heterocycles. The first kappa shape index (κ1) is 18.5. The topological polar surface area (TPSA) is 91.8 Å². The van der Waals surface area contributed by atoms with Gasteiger partial charge in [0, 0.05) is 19.3 Å². The van der Waals surface area contributed by atoms with Gasteiger partial charge in [-0.1, -0.05) is 18.2 Å². The lowest BCUT2D eigenvalue weighted by Gasteiger charge is -2.33. The minimum atomic E-state index is -0.591. The Morgan fingerprint density at radius 2 is 2.04 bits per heavy atom. The molecule has 0 bridgehead atoms. The van der Waals surface area contributed by atoms with Gasteiger partial charge < -0.3 is 20.1 Å². The van der Waals surface area contributed by atoms with Crippen LogP contribution in [0.3, 0.4) is 0 Å². The summed E-state index contributed by atoms with van der Waals surface area (Å²) in [5.74, 6) is -0.253. The predicted molar refractivity (Wildman–Crippen MR) is 95.4 cm³/mol. The molecule has 0 spiro atoms. The van der Waals surface area contributed by atoms with Crippen LogP contribution < -0.4 is 5.32 Å². The van der Waals surface area contributed by atoms with Crippen LogP contribution in [0.2, 0.25) is 0 Å². The lowest BCUT2D eigenvalue weighted by Crippen LogP contribution is -2.49. The third-order valence-electron chi connectivity index (χ3n) is 4.74. The molecule has 3 heterocycles. The van der Waals surface area contributed by atoms with E-state index in [1.807, 2.05) is 4.90 Å². The summed E-state index contributed by atoms with van der Waals surface area (Å²) < 4.78 is 5.83. The number of piperidine rings is 1. The van der Waals surface area contributed by atoms with Crippen LogP contribution in [0.25, 0.3) is 0 Å². The molecule has 1 aromatic rings. The van der Waals surface area contributed by atoms with Crippen molar-refractivity contribution in [2.45, 2.75) is 43.9 Å². The zero-order valence-corrected chi connectivity index (χ0v) is 14.7. The molecule has 0 aliphatic carbocycles. The van der Waals surface area contributed by atoms with Crippen LogP contribution in [0.4, 0.5) is 0 Å². The number of rotatable bonds is 5. The van der Waals surface area contributed by atoms with Crippen LogP contribution in [0.1, 0.15) is 36.2 Å². The van der Waals surface area contributed by atoms with Gasteiger partial charge in [0.2, 0.25) is 5.91 Å². The van der Waals surface area contributed by atoms with Crippen LogP contribution >= 0.6 is 0 Å². The number of pyridine rings is 1. The fourth-order valence-corrected chi connectivity index (χ4v) is 3.30. The summed E-state index contributed by atoms with van der Waals surface area (Å²) in [5, 5.41) is 12.4. The second-order valence-electron chi connectivity index (χ2n) is 6.64. The fourth-order valence-electron chi connectivity index (χ4n) is 3.30. The van der Waals surface area contributed by atoms with Gasteiger partial charge in [-0.25, -0.2) is 0 Å². The fraction of sp³-hybridized carbons (Fsp3) is 0.526. The van der Waals surface area contributed by atoms with Crippen LogP contribution in [0, 0.1) is 0 Å². The van der Waals surface area contributed by atoms with Gasteiger partial charge in [-0.3, -0.25) is 14.6 Å². The van der Waals surface area contributed by atoms with Crippen molar-refractivity contribution in [1.82, 2.24) is 15.2 Å². The zero-order valence-electron chi connectivity index (χ0n) is 14.7. The molecule has 2 aliphatic heterocycles. The van der Waals surface area contributed by atoms with Gasteiger partial charge in [0.25, 0.3) is 5.91 Å². The second kappa shape index (κ2) is 8.91. The molecule has 1 saturated heterocycles. The molecule has 7 nitrogen and oxygen atoms in total. The van der Waals surface area contributed by atoms with Crippen molar-refractivity contribution in [1.29, 1.82) is 0 Å². The Morgan fingerprint density at radius 3 is 2.73 bits per heavy atom. The minimum absolute atomic E-state index is 0.0759. The van der Waals surface area contributed by atoms with E-state index in [2.05, 4.69) is 10.3 Å². The van der Waals surface area contributed by atoms with Gasteiger partial charge in [-0.05, 0) is 31.4 Å². The zero-order chi connectivity index (χ0) is 18.4. The third kappa shape index (κ3) is 4.68. The van der Waals surface area contributed by atoms with Crippen molar-refractivity contribution in [2.75, 3.05) is 19.7 Å². The maximum atomic E-state index is 12.4. The van der Waals surface area contributed by atoms with E-state index >= 15 is 0 Å². The molecule has 1 fully saturated rings. The number of nitrogens with zero attached hydrogens (tertiary/aromatic N) is 2. The summed E-state index contributed by atoms with van der Waals surface area (Å²) in [6.07, 6.45) is 7.69. The van der Waals surface area contributed by atoms with Crippen molar-refractivity contribution in [3.8, 4) is 0 Å². The number of nitrogens with one attached hydrogen (secondary N) is 1. The minimum Gasteiger partial charge on any atom is -0.394 e. The molecular weight excluding hydrogens is 334 g/mol. The average Bonchev–Trinajstić information content (AvgIpc) is 2.70. The predicted octanol–water partition coefficient (Wildman–Crippen LogP) is 0.898. The molecule has 140 valence electrons. The average molecular weight is 359 g/mol. The summed E-state index contributed by atoms with van der Waals surface area (Å²) in [4.78, 5) is 30.5. The largest absolute Gasteiger partial charge is 0.394 e. The number of carbonyl (C=O) groups excluding carboxylic acids is 2. The van der Waals surface area contributed by atoms with Crippen molar-refractivity contribution >= 4 is 11.8 Å². The van der Waals surface area contributed by atoms with Crippen LogP contribution in [0.15, 0.2) is 36.5 Å². The Balaban J connectivity index is 1.57. The lowest BCUT2D eigenvalue weighted by atomic mass is 10.0. The molecule has 3 atom stereocenters. The van der Waals surface area contributed by atoms with Gasteiger partial charge in [0.15, 0.2) is 0 Å². The maximum Gasteiger partial charge on any atom is 0.270 e. The van der Waals surface area contributed by atoms with E-state index in [0.29, 0.717) is 5.69 Å². The number of aromatic nitrogens is 1. The molecule has 0 unspecified atom stereocenters. The molecule has 2 amide bonds. The lowest BCUT2D eigenvalue weighted by molar-refractivity contribution is -0.136. The SMILES string of the molecule is O=C(N[C@H]1C=C[C@@H](CC(=O)N2CCCCC2)O[C@@H]1CO)c1ccccn1. The van der Waals surface area contributed by atoms with Gasteiger partial charge >= 0.3 is 0 Å². The number of hydrogen-bond acceptors (Lipinski definition) is 5. The first-order valence-electron chi connectivity index (χ1n) is 9.11. The molecular formula is C19H25N3O4. The van der Waals surface area contributed by atoms with E-state index in [1.165, 1.54) is 6.42 Å². The number of hydrogen-bond donors (Lipinski definition) is 2. The van der Waals surface area contributed by atoms with E-state index in [1.54, 1.807) is 36.5 Å². The number of carbonyl (C=O) groups is 2. The van der Waals surface area contributed by atoms with Crippen LogP contribution in [-0.4, -0.2) is 64.8 Å². The Hall–Kier alpha value is -2.25. The molecule has 7 heteroatoms. The number of likely N-dealkylation sites (tertiary alicyclic amines) is 1. The van der Waals surface area contributed by atoms with Gasteiger partial charge in [-0.2, -0.15) is 0 Å². The molecule has 3 rings (SSSR count). The Labute approximate surface area is 153 Å². The van der Waals surface area contributed by atoms with Crippen LogP contribution in [-0.2, 0) is 9.53 Å². The van der Waals surface area contributed by atoms with Gasteiger partial charge in [0.1, 0.15) is 11.8 Å². The van der Waals surface area contributed by atoms with Crippen molar-refractivity contribution in [3.05, 3.63) is 42.2 Å². The Morgan fingerprint density at radius 1 is 1.23 bits per heavy atom. The first-order chi connectivity index (χ1) is 12.7.